The maximum absolute atomic E-state index is 12.2. The lowest BCUT2D eigenvalue weighted by Crippen LogP contribution is -2.47. The van der Waals surface area contributed by atoms with E-state index < -0.39 is 0 Å². The number of nitriles is 1. The van der Waals surface area contributed by atoms with Crippen LogP contribution in [0.2, 0.25) is 0 Å². The molecule has 3 rings (SSSR count). The van der Waals surface area contributed by atoms with Crippen LogP contribution in [0, 0.1) is 11.3 Å². The minimum Gasteiger partial charge on any atom is -0.369 e. The van der Waals surface area contributed by atoms with E-state index in [4.69, 9.17) is 5.26 Å². The predicted octanol–water partition coefficient (Wildman–Crippen LogP) is 2.35. The van der Waals surface area contributed by atoms with Crippen LogP contribution in [-0.4, -0.2) is 30.0 Å². The minimum absolute atomic E-state index is 0.0789. The molecular formula is C18H18N4O. The molecule has 23 heavy (non-hydrogen) atoms. The van der Waals surface area contributed by atoms with Crippen molar-refractivity contribution in [2.24, 2.45) is 0 Å². The van der Waals surface area contributed by atoms with Crippen LogP contribution >= 0.6 is 0 Å². The molecule has 2 heterocycles. The van der Waals surface area contributed by atoms with Gasteiger partial charge in [0.25, 0.3) is 5.91 Å². The van der Waals surface area contributed by atoms with Crippen LogP contribution in [-0.2, 0) is 0 Å². The van der Waals surface area contributed by atoms with Gasteiger partial charge in [0.1, 0.15) is 0 Å². The lowest BCUT2D eigenvalue weighted by molar-refractivity contribution is 0.0933. The summed E-state index contributed by atoms with van der Waals surface area (Å²) in [5.41, 5.74) is 2.33. The number of nitrogens with one attached hydrogen (secondary N) is 1. The molecule has 1 fully saturated rings. The highest BCUT2D eigenvalue weighted by molar-refractivity contribution is 5.94. The van der Waals surface area contributed by atoms with Crippen molar-refractivity contribution < 1.29 is 4.79 Å². The Labute approximate surface area is 135 Å². The highest BCUT2D eigenvalue weighted by Gasteiger charge is 2.22. The fourth-order valence-electron chi connectivity index (χ4n) is 2.84. The molecule has 1 aliphatic heterocycles. The van der Waals surface area contributed by atoms with Crippen LogP contribution in [0.15, 0.2) is 48.8 Å². The molecule has 1 N–H and O–H groups in total. The van der Waals surface area contributed by atoms with E-state index >= 15 is 0 Å². The number of hydrogen-bond donors (Lipinski definition) is 1. The van der Waals surface area contributed by atoms with E-state index in [0.29, 0.717) is 11.1 Å². The Morgan fingerprint density at radius 2 is 2.13 bits per heavy atom. The Morgan fingerprint density at radius 3 is 2.83 bits per heavy atom. The fraction of sp³-hybridized carbons (Fsp3) is 0.278. The van der Waals surface area contributed by atoms with Gasteiger partial charge in [-0.2, -0.15) is 5.26 Å². The molecular weight excluding hydrogens is 288 g/mol. The monoisotopic (exact) mass is 306 g/mol. The maximum Gasteiger partial charge on any atom is 0.253 e. The van der Waals surface area contributed by atoms with Gasteiger partial charge < -0.3 is 10.2 Å². The van der Waals surface area contributed by atoms with Gasteiger partial charge in [0, 0.05) is 37.2 Å². The summed E-state index contributed by atoms with van der Waals surface area (Å²) in [5.74, 6) is -0.0789. The van der Waals surface area contributed by atoms with E-state index in [1.54, 1.807) is 24.5 Å². The first-order valence-corrected chi connectivity index (χ1v) is 7.72. The molecule has 116 valence electrons. The number of pyridine rings is 1. The number of rotatable bonds is 3. The summed E-state index contributed by atoms with van der Waals surface area (Å²) < 4.78 is 0. The zero-order valence-electron chi connectivity index (χ0n) is 12.8. The zero-order chi connectivity index (χ0) is 16.1. The highest BCUT2D eigenvalue weighted by atomic mass is 16.1. The third-order valence-electron chi connectivity index (χ3n) is 4.04. The molecule has 0 bridgehead atoms. The SMILES string of the molecule is N#Cc1ccc(N2CCCC(NC(=O)c3cccnc3)C2)cc1. The number of carbonyl (C=O) groups is 1. The van der Waals surface area contributed by atoms with Crippen LogP contribution < -0.4 is 10.2 Å². The van der Waals surface area contributed by atoms with Crippen molar-refractivity contribution >= 4 is 11.6 Å². The molecule has 0 spiro atoms. The fourth-order valence-corrected chi connectivity index (χ4v) is 2.84. The standard InChI is InChI=1S/C18H18N4O/c19-11-14-5-7-17(8-6-14)22-10-2-4-16(13-22)21-18(23)15-3-1-9-20-12-15/h1,3,5-9,12,16H,2,4,10,13H2,(H,21,23). The summed E-state index contributed by atoms with van der Waals surface area (Å²) in [6, 6.07) is 13.4. The first kappa shape index (κ1) is 15.0. The van der Waals surface area contributed by atoms with Gasteiger partial charge in [0.05, 0.1) is 17.2 Å². The van der Waals surface area contributed by atoms with Crippen molar-refractivity contribution in [1.82, 2.24) is 10.3 Å². The molecule has 5 nitrogen and oxygen atoms in total. The molecule has 1 saturated heterocycles. The quantitative estimate of drug-likeness (QED) is 0.945. The van der Waals surface area contributed by atoms with E-state index in [0.717, 1.165) is 31.6 Å². The van der Waals surface area contributed by atoms with Gasteiger partial charge in [-0.3, -0.25) is 9.78 Å². The first-order chi connectivity index (χ1) is 11.3. The number of piperidine rings is 1. The van der Waals surface area contributed by atoms with E-state index in [1.165, 1.54) is 0 Å². The van der Waals surface area contributed by atoms with E-state index in [-0.39, 0.29) is 11.9 Å². The summed E-state index contributed by atoms with van der Waals surface area (Å²) in [4.78, 5) is 18.5. The van der Waals surface area contributed by atoms with Crippen LogP contribution in [0.25, 0.3) is 0 Å². The average molecular weight is 306 g/mol. The number of nitrogens with zero attached hydrogens (tertiary/aromatic N) is 3. The van der Waals surface area contributed by atoms with Crippen LogP contribution in [0.5, 0.6) is 0 Å². The Morgan fingerprint density at radius 1 is 1.30 bits per heavy atom. The maximum atomic E-state index is 12.2. The molecule has 1 aliphatic rings. The van der Waals surface area contributed by atoms with Gasteiger partial charge in [0.2, 0.25) is 0 Å². The first-order valence-electron chi connectivity index (χ1n) is 7.72. The van der Waals surface area contributed by atoms with E-state index in [2.05, 4.69) is 21.3 Å². The molecule has 1 unspecified atom stereocenters. The van der Waals surface area contributed by atoms with Crippen LogP contribution in [0.3, 0.4) is 0 Å². The summed E-state index contributed by atoms with van der Waals surface area (Å²) >= 11 is 0. The van der Waals surface area contributed by atoms with Crippen molar-refractivity contribution in [3.8, 4) is 6.07 Å². The van der Waals surface area contributed by atoms with Gasteiger partial charge in [-0.1, -0.05) is 0 Å². The summed E-state index contributed by atoms with van der Waals surface area (Å²) in [6.45, 7) is 1.74. The molecule has 0 radical (unpaired) electrons. The molecule has 2 aromatic rings. The number of aromatic nitrogens is 1. The number of carbonyl (C=O) groups excluding carboxylic acids is 1. The summed E-state index contributed by atoms with van der Waals surface area (Å²) in [7, 11) is 0. The van der Waals surface area contributed by atoms with E-state index in [9.17, 15) is 4.79 Å². The molecule has 1 amide bonds. The van der Waals surface area contributed by atoms with Gasteiger partial charge in [-0.25, -0.2) is 0 Å². The number of benzene rings is 1. The lowest BCUT2D eigenvalue weighted by atomic mass is 10.0. The number of anilines is 1. The van der Waals surface area contributed by atoms with Gasteiger partial charge in [0.15, 0.2) is 0 Å². The van der Waals surface area contributed by atoms with E-state index in [1.807, 2.05) is 24.3 Å². The van der Waals surface area contributed by atoms with Crippen LogP contribution in [0.4, 0.5) is 5.69 Å². The highest BCUT2D eigenvalue weighted by Crippen LogP contribution is 2.20. The Bertz CT molecular complexity index is 706. The van der Waals surface area contributed by atoms with Crippen molar-refractivity contribution in [3.05, 3.63) is 59.9 Å². The van der Waals surface area contributed by atoms with Crippen LogP contribution in [0.1, 0.15) is 28.8 Å². The smallest absolute Gasteiger partial charge is 0.253 e. The third kappa shape index (κ3) is 3.67. The molecule has 1 aromatic heterocycles. The average Bonchev–Trinajstić information content (AvgIpc) is 2.63. The zero-order valence-corrected chi connectivity index (χ0v) is 12.8. The second-order valence-electron chi connectivity index (χ2n) is 5.66. The largest absolute Gasteiger partial charge is 0.369 e. The second-order valence-corrected chi connectivity index (χ2v) is 5.66. The summed E-state index contributed by atoms with van der Waals surface area (Å²) in [5, 5.41) is 12.0. The summed E-state index contributed by atoms with van der Waals surface area (Å²) in [6.07, 6.45) is 5.23. The Kier molecular flexibility index (Phi) is 4.53. The normalized spacial score (nSPS) is 17.3. The molecule has 5 heteroatoms. The number of amides is 1. The van der Waals surface area contributed by atoms with Crippen molar-refractivity contribution in [3.63, 3.8) is 0 Å². The van der Waals surface area contributed by atoms with Crippen molar-refractivity contribution in [2.75, 3.05) is 18.0 Å². The minimum atomic E-state index is -0.0789. The Balaban J connectivity index is 1.64. The predicted molar refractivity (Wildman–Crippen MR) is 88.1 cm³/mol. The van der Waals surface area contributed by atoms with Crippen molar-refractivity contribution in [2.45, 2.75) is 18.9 Å². The number of hydrogen-bond acceptors (Lipinski definition) is 4. The molecule has 0 saturated carbocycles. The van der Waals surface area contributed by atoms with Crippen molar-refractivity contribution in [1.29, 1.82) is 5.26 Å². The molecule has 1 aromatic carbocycles. The van der Waals surface area contributed by atoms with Gasteiger partial charge in [-0.05, 0) is 49.2 Å². The molecule has 0 aliphatic carbocycles. The topological polar surface area (TPSA) is 69.0 Å². The second kappa shape index (κ2) is 6.93. The van der Waals surface area contributed by atoms with Gasteiger partial charge >= 0.3 is 0 Å². The molecule has 1 atom stereocenters. The lowest BCUT2D eigenvalue weighted by Gasteiger charge is -2.34. The Hall–Kier alpha value is -2.87. The van der Waals surface area contributed by atoms with Gasteiger partial charge in [-0.15, -0.1) is 0 Å². The third-order valence-corrected chi connectivity index (χ3v) is 4.04.